The number of amides is 1. The molecule has 9 heteroatoms. The minimum Gasteiger partial charge on any atom is -0.478 e. The highest BCUT2D eigenvalue weighted by Crippen LogP contribution is 2.22. The molecule has 142 valence electrons. The van der Waals surface area contributed by atoms with Gasteiger partial charge in [0.05, 0.1) is 17.0 Å². The van der Waals surface area contributed by atoms with E-state index < -0.39 is 11.9 Å². The van der Waals surface area contributed by atoms with Crippen LogP contribution in [0.2, 0.25) is 0 Å². The second kappa shape index (κ2) is 8.40. The lowest BCUT2D eigenvalue weighted by molar-refractivity contribution is -0.118. The van der Waals surface area contributed by atoms with E-state index in [0.717, 1.165) is 0 Å². The van der Waals surface area contributed by atoms with Gasteiger partial charge in [0.15, 0.2) is 5.11 Å². The predicted octanol–water partition coefficient (Wildman–Crippen LogP) is 2.70. The van der Waals surface area contributed by atoms with Crippen LogP contribution in [0, 0.1) is 5.92 Å². The summed E-state index contributed by atoms with van der Waals surface area (Å²) in [5, 5.41) is 21.7. The van der Waals surface area contributed by atoms with Crippen molar-refractivity contribution in [3.05, 3.63) is 60.2 Å². The molecule has 0 radical (unpaired) electrons. The van der Waals surface area contributed by atoms with Gasteiger partial charge < -0.3 is 10.4 Å². The molecule has 1 aliphatic heterocycles. The van der Waals surface area contributed by atoms with Gasteiger partial charge >= 0.3 is 5.97 Å². The van der Waals surface area contributed by atoms with Crippen molar-refractivity contribution in [1.29, 1.82) is 0 Å². The normalized spacial score (nSPS) is 16.2. The van der Waals surface area contributed by atoms with Crippen molar-refractivity contribution >= 4 is 52.5 Å². The van der Waals surface area contributed by atoms with E-state index in [1.807, 2.05) is 18.2 Å². The zero-order valence-corrected chi connectivity index (χ0v) is 15.7. The molecule has 1 unspecified atom stereocenters. The fraction of sp³-hybridized carbons (Fsp3) is 0.105. The molecule has 2 aromatic rings. The second-order valence-corrected chi connectivity index (χ2v) is 6.34. The summed E-state index contributed by atoms with van der Waals surface area (Å²) < 4.78 is 0. The van der Waals surface area contributed by atoms with Crippen molar-refractivity contribution in [2.45, 2.75) is 6.92 Å². The van der Waals surface area contributed by atoms with E-state index in [2.05, 4.69) is 20.9 Å². The number of nitrogens with zero attached hydrogens (tertiary/aromatic N) is 3. The lowest BCUT2D eigenvalue weighted by Gasteiger charge is -2.12. The van der Waals surface area contributed by atoms with Gasteiger partial charge in [0.25, 0.3) is 5.91 Å². The first-order valence-electron chi connectivity index (χ1n) is 8.33. The first-order chi connectivity index (χ1) is 13.5. The Morgan fingerprint density at radius 2 is 1.89 bits per heavy atom. The number of thiocarbonyl (C=S) groups is 1. The van der Waals surface area contributed by atoms with Crippen LogP contribution in [0.25, 0.3) is 0 Å². The predicted molar refractivity (Wildman–Crippen MR) is 112 cm³/mol. The van der Waals surface area contributed by atoms with Gasteiger partial charge in [-0.05, 0) is 55.5 Å². The number of carboxylic acids is 1. The van der Waals surface area contributed by atoms with E-state index in [4.69, 9.17) is 17.3 Å². The maximum atomic E-state index is 12.6. The molecular formula is C19H17N5O3S. The number of hydrogen-bond acceptors (Lipinski definition) is 5. The van der Waals surface area contributed by atoms with E-state index in [-0.39, 0.29) is 16.6 Å². The molecule has 1 amide bonds. The van der Waals surface area contributed by atoms with Gasteiger partial charge in [-0.25, -0.2) is 4.79 Å². The molecular weight excluding hydrogens is 378 g/mol. The fourth-order valence-corrected chi connectivity index (χ4v) is 2.70. The molecule has 2 aromatic carbocycles. The van der Waals surface area contributed by atoms with Crippen molar-refractivity contribution < 1.29 is 14.7 Å². The number of carbonyl (C=O) groups is 2. The molecule has 1 aliphatic rings. The molecule has 0 saturated carbocycles. The molecule has 0 saturated heterocycles. The number of benzene rings is 2. The Balaban J connectivity index is 1.57. The van der Waals surface area contributed by atoms with Crippen LogP contribution in [0.5, 0.6) is 0 Å². The lowest BCUT2D eigenvalue weighted by Crippen LogP contribution is -2.29. The maximum Gasteiger partial charge on any atom is 0.335 e. The van der Waals surface area contributed by atoms with E-state index in [0.29, 0.717) is 17.1 Å². The zero-order valence-electron chi connectivity index (χ0n) is 14.9. The molecule has 28 heavy (non-hydrogen) atoms. The summed E-state index contributed by atoms with van der Waals surface area (Å²) in [5.41, 5.74) is 4.75. The first kappa shape index (κ1) is 19.2. The molecule has 0 aliphatic carbocycles. The Labute approximate surface area is 166 Å². The van der Waals surface area contributed by atoms with Crippen molar-refractivity contribution in [3.8, 4) is 0 Å². The summed E-state index contributed by atoms with van der Waals surface area (Å²) >= 11 is 5.14. The van der Waals surface area contributed by atoms with Crippen molar-refractivity contribution in [1.82, 2.24) is 5.43 Å². The summed E-state index contributed by atoms with van der Waals surface area (Å²) in [6, 6.07) is 15.3. The Bertz CT molecular complexity index is 957. The van der Waals surface area contributed by atoms with Crippen LogP contribution < -0.4 is 15.8 Å². The smallest absolute Gasteiger partial charge is 0.335 e. The number of aromatic carboxylic acids is 1. The van der Waals surface area contributed by atoms with Crippen LogP contribution in [-0.4, -0.2) is 34.0 Å². The monoisotopic (exact) mass is 395 g/mol. The van der Waals surface area contributed by atoms with Gasteiger partial charge in [-0.3, -0.25) is 10.2 Å². The summed E-state index contributed by atoms with van der Waals surface area (Å²) in [5.74, 6) is -1.78. The highest BCUT2D eigenvalue weighted by molar-refractivity contribution is 7.80. The average Bonchev–Trinajstić information content (AvgIpc) is 2.97. The molecule has 0 fully saturated rings. The Kier molecular flexibility index (Phi) is 5.75. The molecule has 0 bridgehead atoms. The maximum absolute atomic E-state index is 12.6. The first-order valence-corrected chi connectivity index (χ1v) is 8.74. The summed E-state index contributed by atoms with van der Waals surface area (Å²) in [6.45, 7) is 1.76. The highest BCUT2D eigenvalue weighted by Gasteiger charge is 2.33. The van der Waals surface area contributed by atoms with Gasteiger partial charge in [0.2, 0.25) is 0 Å². The van der Waals surface area contributed by atoms with Crippen LogP contribution in [-0.2, 0) is 4.79 Å². The van der Waals surface area contributed by atoms with E-state index in [1.165, 1.54) is 23.4 Å². The number of para-hydroxylation sites is 1. The van der Waals surface area contributed by atoms with Gasteiger partial charge in [0.1, 0.15) is 5.92 Å². The number of carbonyl (C=O) groups excluding carboxylic acids is 1. The van der Waals surface area contributed by atoms with Crippen LogP contribution in [0.4, 0.5) is 11.4 Å². The largest absolute Gasteiger partial charge is 0.478 e. The van der Waals surface area contributed by atoms with Crippen LogP contribution in [0.15, 0.2) is 64.8 Å². The molecule has 0 spiro atoms. The zero-order chi connectivity index (χ0) is 20.1. The van der Waals surface area contributed by atoms with Crippen molar-refractivity contribution in [2.24, 2.45) is 16.1 Å². The fourth-order valence-electron chi connectivity index (χ4n) is 2.53. The molecule has 3 rings (SSSR count). The van der Waals surface area contributed by atoms with Crippen molar-refractivity contribution in [2.75, 3.05) is 10.3 Å². The van der Waals surface area contributed by atoms with E-state index in [1.54, 1.807) is 31.2 Å². The third-order valence-corrected chi connectivity index (χ3v) is 4.16. The Morgan fingerprint density at radius 1 is 1.21 bits per heavy atom. The number of anilines is 2. The number of nitrogens with one attached hydrogen (secondary N) is 2. The van der Waals surface area contributed by atoms with Crippen LogP contribution in [0.3, 0.4) is 0 Å². The topological polar surface area (TPSA) is 106 Å². The SMILES string of the molecule is CC1=NN(c2ccccc2)C(=O)C1/C=N/NC(=S)Nc1ccc(C(=O)O)cc1. The molecule has 0 aromatic heterocycles. The third kappa shape index (κ3) is 4.38. The average molecular weight is 395 g/mol. The highest BCUT2D eigenvalue weighted by atomic mass is 32.1. The minimum absolute atomic E-state index is 0.180. The van der Waals surface area contributed by atoms with Crippen LogP contribution in [0.1, 0.15) is 17.3 Å². The molecule has 8 nitrogen and oxygen atoms in total. The Morgan fingerprint density at radius 3 is 2.54 bits per heavy atom. The van der Waals surface area contributed by atoms with Crippen LogP contribution >= 0.6 is 12.2 Å². The lowest BCUT2D eigenvalue weighted by atomic mass is 10.1. The second-order valence-electron chi connectivity index (χ2n) is 5.93. The molecule has 3 N–H and O–H groups in total. The van der Waals surface area contributed by atoms with E-state index >= 15 is 0 Å². The van der Waals surface area contributed by atoms with Gasteiger partial charge in [-0.2, -0.15) is 15.2 Å². The molecule has 1 atom stereocenters. The number of carboxylic acid groups (broad SMARTS) is 1. The third-order valence-electron chi connectivity index (χ3n) is 3.96. The summed E-state index contributed by atoms with van der Waals surface area (Å²) in [6.07, 6.45) is 1.45. The number of hydrazone groups is 2. The summed E-state index contributed by atoms with van der Waals surface area (Å²) in [7, 11) is 0. The van der Waals surface area contributed by atoms with Crippen molar-refractivity contribution in [3.63, 3.8) is 0 Å². The number of hydrogen-bond donors (Lipinski definition) is 3. The van der Waals surface area contributed by atoms with E-state index in [9.17, 15) is 9.59 Å². The standard InChI is InChI=1S/C19H17N5O3S/c1-12-16(17(25)24(23-12)15-5-3-2-4-6-15)11-20-22-19(28)21-14-9-7-13(8-10-14)18(26)27/h2-11,16H,1H3,(H,26,27)(H2,21,22,28)/b20-11+. The minimum atomic E-state index is -1.00. The Hall–Kier alpha value is -3.59. The quantitative estimate of drug-likeness (QED) is 0.408. The molecule has 1 heterocycles. The van der Waals surface area contributed by atoms with Gasteiger partial charge in [-0.15, -0.1) is 0 Å². The number of rotatable bonds is 5. The van der Waals surface area contributed by atoms with Gasteiger partial charge in [0, 0.05) is 11.9 Å². The van der Waals surface area contributed by atoms with Gasteiger partial charge in [-0.1, -0.05) is 18.2 Å². The summed E-state index contributed by atoms with van der Waals surface area (Å²) in [4.78, 5) is 23.4.